The summed E-state index contributed by atoms with van der Waals surface area (Å²) in [6, 6.07) is 16.6. The number of rotatable bonds is 14. The number of hydrogen-bond donors (Lipinski definition) is 0. The van der Waals surface area contributed by atoms with Crippen LogP contribution in [-0.2, 0) is 26.9 Å². The molecule has 0 radical (unpaired) electrons. The summed E-state index contributed by atoms with van der Waals surface area (Å²) in [6.45, 7) is 3.63. The average Bonchev–Trinajstić information content (AvgIpc) is 3.07. The van der Waals surface area contributed by atoms with Crippen LogP contribution < -0.4 is 14.2 Å². The third kappa shape index (κ3) is 9.90. The van der Waals surface area contributed by atoms with E-state index in [1.54, 1.807) is 43.3 Å². The van der Waals surface area contributed by atoms with Gasteiger partial charge in [0.1, 0.15) is 35.8 Å². The van der Waals surface area contributed by atoms with E-state index in [0.717, 1.165) is 5.39 Å². The predicted molar refractivity (Wildman–Crippen MR) is 169 cm³/mol. The van der Waals surface area contributed by atoms with Gasteiger partial charge in [0.05, 0.1) is 6.21 Å². The maximum Gasteiger partial charge on any atom is 0.429 e. The van der Waals surface area contributed by atoms with Gasteiger partial charge in [-0.15, -0.1) is 0 Å². The number of fused-ring (bicyclic) bond motifs is 1. The molecule has 50 heavy (non-hydrogen) atoms. The highest BCUT2D eigenvalue weighted by molar-refractivity contribution is 5.89. The number of nitrogens with zero attached hydrogens (tertiary/aromatic N) is 2. The molecule has 8 nitrogen and oxygen atoms in total. The molecule has 0 aromatic heterocycles. The third-order valence-electron chi connectivity index (χ3n) is 6.75. The number of ether oxygens (including phenoxy) is 4. The van der Waals surface area contributed by atoms with Crippen LogP contribution in [-0.4, -0.2) is 43.8 Å². The van der Waals surface area contributed by atoms with Crippen LogP contribution >= 0.6 is 0 Å². The molecule has 0 heterocycles. The first-order chi connectivity index (χ1) is 23.7. The standard InChI is InChI=1S/C35H27F7N2O6/c1-3-43-44-20-23-5-4-6-27(18-23)50-35(41,42)28-12-13-29(32(37)31(28)36)49-30(45)14-8-22-7-9-25-19-26(11-10-24(25)17-22)47-15-16-48-33(46)21(2)34(38,39)40/h3-7,9-13,17-20H,2,8,14-16H2,1H3/b43-3+,44-20+. The number of halogens is 7. The monoisotopic (exact) mass is 704 g/mol. The van der Waals surface area contributed by atoms with E-state index in [1.807, 2.05) is 0 Å². The van der Waals surface area contributed by atoms with E-state index in [9.17, 15) is 40.3 Å². The minimum absolute atomic E-state index is 0.129. The number of esters is 2. The summed E-state index contributed by atoms with van der Waals surface area (Å²) in [5.41, 5.74) is -2.00. The van der Waals surface area contributed by atoms with Crippen LogP contribution in [0.5, 0.6) is 17.2 Å². The van der Waals surface area contributed by atoms with Gasteiger partial charge in [-0.2, -0.15) is 36.5 Å². The number of carbonyl (C=O) groups excluding carboxylic acids is 2. The molecule has 0 atom stereocenters. The van der Waals surface area contributed by atoms with Crippen molar-refractivity contribution in [2.24, 2.45) is 10.2 Å². The van der Waals surface area contributed by atoms with Crippen molar-refractivity contribution >= 4 is 35.1 Å². The van der Waals surface area contributed by atoms with Gasteiger partial charge in [0.25, 0.3) is 0 Å². The fourth-order valence-electron chi connectivity index (χ4n) is 4.30. The summed E-state index contributed by atoms with van der Waals surface area (Å²) >= 11 is 0. The van der Waals surface area contributed by atoms with Crippen LogP contribution in [0.25, 0.3) is 10.8 Å². The lowest BCUT2D eigenvalue weighted by Crippen LogP contribution is -2.24. The Morgan fingerprint density at radius 3 is 2.32 bits per heavy atom. The minimum Gasteiger partial charge on any atom is -0.490 e. The summed E-state index contributed by atoms with van der Waals surface area (Å²) in [4.78, 5) is 23.8. The molecule has 0 unspecified atom stereocenters. The van der Waals surface area contributed by atoms with Gasteiger partial charge < -0.3 is 18.9 Å². The SMILES string of the molecule is C=C(C(=O)OCCOc1ccc2cc(CCC(=O)Oc3ccc(C(F)(F)Oc4cccc(/C=N/N=C/C)c4)c(F)c3F)ccc2c1)C(F)(F)F. The highest BCUT2D eigenvalue weighted by Gasteiger charge is 2.40. The first-order valence-electron chi connectivity index (χ1n) is 14.6. The second-order valence-corrected chi connectivity index (χ2v) is 10.3. The molecule has 0 saturated carbocycles. The molecule has 0 aliphatic carbocycles. The molecule has 0 bridgehead atoms. The zero-order chi connectivity index (χ0) is 36.5. The third-order valence-corrected chi connectivity index (χ3v) is 6.75. The molecule has 0 amide bonds. The van der Waals surface area contributed by atoms with Gasteiger partial charge in [0.15, 0.2) is 11.6 Å². The van der Waals surface area contributed by atoms with Crippen molar-refractivity contribution in [3.8, 4) is 17.2 Å². The molecule has 0 aliphatic rings. The Kier molecular flexibility index (Phi) is 12.0. The molecule has 0 saturated heterocycles. The molecule has 4 rings (SSSR count). The number of aryl methyl sites for hydroxylation is 1. The van der Waals surface area contributed by atoms with E-state index in [2.05, 4.69) is 26.3 Å². The zero-order valence-electron chi connectivity index (χ0n) is 26.1. The minimum atomic E-state index is -4.89. The molecule has 262 valence electrons. The maximum absolute atomic E-state index is 14.9. The summed E-state index contributed by atoms with van der Waals surface area (Å²) < 4.78 is 116. The van der Waals surface area contributed by atoms with E-state index in [1.165, 1.54) is 36.7 Å². The molecule has 0 fully saturated rings. The van der Waals surface area contributed by atoms with Crippen molar-refractivity contribution < 1.29 is 59.3 Å². The van der Waals surface area contributed by atoms with E-state index in [0.29, 0.717) is 34.4 Å². The number of carbonyl (C=O) groups is 2. The summed E-state index contributed by atoms with van der Waals surface area (Å²) in [5, 5.41) is 8.75. The first kappa shape index (κ1) is 37.1. The molecule has 0 N–H and O–H groups in total. The number of hydrogen-bond acceptors (Lipinski definition) is 8. The van der Waals surface area contributed by atoms with Crippen LogP contribution in [0.2, 0.25) is 0 Å². The zero-order valence-corrected chi connectivity index (χ0v) is 26.1. The van der Waals surface area contributed by atoms with Gasteiger partial charge in [0.2, 0.25) is 5.82 Å². The van der Waals surface area contributed by atoms with E-state index < -0.39 is 59.4 Å². The second kappa shape index (κ2) is 16.1. The molecular weight excluding hydrogens is 677 g/mol. The number of alkyl halides is 5. The van der Waals surface area contributed by atoms with Gasteiger partial charge in [-0.1, -0.05) is 43.0 Å². The topological polar surface area (TPSA) is 95.8 Å². The second-order valence-electron chi connectivity index (χ2n) is 10.3. The average molecular weight is 705 g/mol. The van der Waals surface area contributed by atoms with Crippen molar-refractivity contribution in [2.75, 3.05) is 13.2 Å². The normalized spacial score (nSPS) is 12.0. The van der Waals surface area contributed by atoms with Crippen LogP contribution in [0.1, 0.15) is 30.0 Å². The maximum atomic E-state index is 14.9. The lowest BCUT2D eigenvalue weighted by molar-refractivity contribution is -0.187. The molecule has 0 spiro atoms. The van der Waals surface area contributed by atoms with Crippen molar-refractivity contribution in [2.45, 2.75) is 32.1 Å². The fourth-order valence-corrected chi connectivity index (χ4v) is 4.30. The van der Waals surface area contributed by atoms with Gasteiger partial charge in [-0.3, -0.25) is 4.79 Å². The van der Waals surface area contributed by atoms with Crippen LogP contribution in [0.15, 0.2) is 95.2 Å². The molecule has 4 aromatic carbocycles. The Morgan fingerprint density at radius 2 is 1.58 bits per heavy atom. The lowest BCUT2D eigenvalue weighted by Gasteiger charge is -2.19. The van der Waals surface area contributed by atoms with Crippen LogP contribution in [0.3, 0.4) is 0 Å². The highest BCUT2D eigenvalue weighted by atomic mass is 19.4. The van der Waals surface area contributed by atoms with E-state index in [-0.39, 0.29) is 25.2 Å². The smallest absolute Gasteiger partial charge is 0.429 e. The quantitative estimate of drug-likeness (QED) is 0.0250. The van der Waals surface area contributed by atoms with Crippen LogP contribution in [0.4, 0.5) is 30.7 Å². The van der Waals surface area contributed by atoms with Gasteiger partial charge >= 0.3 is 24.2 Å². The van der Waals surface area contributed by atoms with Crippen molar-refractivity contribution in [3.05, 3.63) is 113 Å². The highest BCUT2D eigenvalue weighted by Crippen LogP contribution is 2.36. The molecule has 4 aromatic rings. The van der Waals surface area contributed by atoms with Crippen molar-refractivity contribution in [1.82, 2.24) is 0 Å². The Hall–Kier alpha value is -5.73. The van der Waals surface area contributed by atoms with Crippen molar-refractivity contribution in [3.63, 3.8) is 0 Å². The molecular formula is C35H27F7N2O6. The van der Waals surface area contributed by atoms with Crippen LogP contribution in [0, 0.1) is 11.6 Å². The van der Waals surface area contributed by atoms with Gasteiger partial charge in [0, 0.05) is 12.6 Å². The van der Waals surface area contributed by atoms with Gasteiger partial charge in [-0.25, -0.2) is 9.18 Å². The molecule has 15 heteroatoms. The summed E-state index contributed by atoms with van der Waals surface area (Å²) in [5.74, 6) is -7.19. The largest absolute Gasteiger partial charge is 0.490 e. The van der Waals surface area contributed by atoms with Gasteiger partial charge in [-0.05, 0) is 71.6 Å². The fraction of sp³-hybridized carbons (Fsp3) is 0.200. The molecule has 0 aliphatic heterocycles. The first-order valence-corrected chi connectivity index (χ1v) is 14.6. The Morgan fingerprint density at radius 1 is 0.840 bits per heavy atom. The number of benzene rings is 4. The van der Waals surface area contributed by atoms with E-state index in [4.69, 9.17) is 9.47 Å². The predicted octanol–water partition coefficient (Wildman–Crippen LogP) is 8.25. The van der Waals surface area contributed by atoms with E-state index >= 15 is 0 Å². The Labute approximate surface area is 280 Å². The lowest BCUT2D eigenvalue weighted by atomic mass is 10.0. The summed E-state index contributed by atoms with van der Waals surface area (Å²) in [6.07, 6.45) is -6.63. The van der Waals surface area contributed by atoms with Crippen molar-refractivity contribution in [1.29, 1.82) is 0 Å². The Balaban J connectivity index is 1.31. The Bertz CT molecular complexity index is 1940. The summed E-state index contributed by atoms with van der Waals surface area (Å²) in [7, 11) is 0.